The molecule has 0 bridgehead atoms. The van der Waals surface area contributed by atoms with Crippen molar-refractivity contribution in [2.75, 3.05) is 25.0 Å². The first-order chi connectivity index (χ1) is 9.19. The van der Waals surface area contributed by atoms with Gasteiger partial charge >= 0.3 is 0 Å². The van der Waals surface area contributed by atoms with Gasteiger partial charge in [-0.2, -0.15) is 0 Å². The number of nitrogens with one attached hydrogen (secondary N) is 1. The van der Waals surface area contributed by atoms with Crippen molar-refractivity contribution in [1.82, 2.24) is 14.9 Å². The highest BCUT2D eigenvalue weighted by Gasteiger charge is 2.24. The summed E-state index contributed by atoms with van der Waals surface area (Å²) in [5, 5.41) is 12.9. The molecule has 106 valence electrons. The van der Waals surface area contributed by atoms with Crippen LogP contribution in [0.5, 0.6) is 0 Å². The van der Waals surface area contributed by atoms with Crippen molar-refractivity contribution in [3.63, 3.8) is 0 Å². The zero-order valence-electron chi connectivity index (χ0n) is 11.8. The molecule has 19 heavy (non-hydrogen) atoms. The Morgan fingerprint density at radius 3 is 2.89 bits per heavy atom. The van der Waals surface area contributed by atoms with Gasteiger partial charge in [-0.3, -0.25) is 9.88 Å². The van der Waals surface area contributed by atoms with Gasteiger partial charge in [-0.15, -0.1) is 0 Å². The zero-order chi connectivity index (χ0) is 13.7. The first kappa shape index (κ1) is 14.2. The molecule has 0 amide bonds. The van der Waals surface area contributed by atoms with Gasteiger partial charge in [0, 0.05) is 26.2 Å². The molecular formula is C14H24N4O. The summed E-state index contributed by atoms with van der Waals surface area (Å²) in [4.78, 5) is 11.1. The topological polar surface area (TPSA) is 61.3 Å². The maximum absolute atomic E-state index is 9.72. The molecule has 0 aromatic carbocycles. The largest absolute Gasteiger partial charge is 0.393 e. The maximum atomic E-state index is 9.72. The Balaban J connectivity index is 1.85. The van der Waals surface area contributed by atoms with E-state index in [0.29, 0.717) is 5.92 Å². The molecule has 0 saturated carbocycles. The van der Waals surface area contributed by atoms with Crippen LogP contribution in [0.1, 0.15) is 32.4 Å². The maximum Gasteiger partial charge on any atom is 0.144 e. The molecule has 2 unspecified atom stereocenters. The van der Waals surface area contributed by atoms with Crippen molar-refractivity contribution < 1.29 is 5.11 Å². The van der Waals surface area contributed by atoms with Crippen LogP contribution in [0.2, 0.25) is 0 Å². The van der Waals surface area contributed by atoms with E-state index in [4.69, 9.17) is 0 Å². The molecule has 1 aliphatic heterocycles. The first-order valence-electron chi connectivity index (χ1n) is 7.14. The number of aliphatic hydroxyl groups is 1. The van der Waals surface area contributed by atoms with Crippen LogP contribution in [0.15, 0.2) is 12.4 Å². The average Bonchev–Trinajstić information content (AvgIpc) is 2.42. The van der Waals surface area contributed by atoms with Gasteiger partial charge in [-0.25, -0.2) is 4.98 Å². The second-order valence-electron chi connectivity index (χ2n) is 5.39. The number of anilines is 1. The minimum Gasteiger partial charge on any atom is -0.393 e. The Morgan fingerprint density at radius 1 is 1.42 bits per heavy atom. The first-order valence-corrected chi connectivity index (χ1v) is 7.14. The Morgan fingerprint density at radius 2 is 2.26 bits per heavy atom. The normalized spacial score (nSPS) is 24.4. The van der Waals surface area contributed by atoms with Gasteiger partial charge in [0.25, 0.3) is 0 Å². The van der Waals surface area contributed by atoms with Gasteiger partial charge in [0.15, 0.2) is 0 Å². The molecule has 1 aliphatic rings. The standard InChI is InChI=1S/C14H24N4O/c1-3-5-15-14-8-16-12(7-17-14)10-18-6-4-13(19)11(2)9-18/h7-8,11,13,19H,3-6,9-10H2,1-2H3,(H,15,17). The van der Waals surface area contributed by atoms with Crippen LogP contribution in [0, 0.1) is 5.92 Å². The zero-order valence-corrected chi connectivity index (χ0v) is 11.8. The summed E-state index contributed by atoms with van der Waals surface area (Å²) in [6.45, 7) is 7.83. The lowest BCUT2D eigenvalue weighted by molar-refractivity contribution is 0.0315. The molecule has 2 heterocycles. The summed E-state index contributed by atoms with van der Waals surface area (Å²) in [5.74, 6) is 1.18. The molecule has 1 aromatic rings. The van der Waals surface area contributed by atoms with E-state index >= 15 is 0 Å². The number of likely N-dealkylation sites (tertiary alicyclic amines) is 1. The number of rotatable bonds is 5. The fraction of sp³-hybridized carbons (Fsp3) is 0.714. The van der Waals surface area contributed by atoms with Gasteiger partial charge in [0.05, 0.1) is 24.2 Å². The summed E-state index contributed by atoms with van der Waals surface area (Å²) in [6, 6.07) is 0. The highest BCUT2D eigenvalue weighted by molar-refractivity contribution is 5.30. The van der Waals surface area contributed by atoms with Crippen molar-refractivity contribution in [3.05, 3.63) is 18.1 Å². The summed E-state index contributed by atoms with van der Waals surface area (Å²) in [6.07, 6.45) is 5.42. The van der Waals surface area contributed by atoms with Gasteiger partial charge in [0.2, 0.25) is 0 Å². The van der Waals surface area contributed by atoms with Crippen LogP contribution >= 0.6 is 0 Å². The third-order valence-electron chi connectivity index (χ3n) is 3.59. The SMILES string of the molecule is CCCNc1cnc(CN2CCC(O)C(C)C2)cn1. The monoisotopic (exact) mass is 264 g/mol. The average molecular weight is 264 g/mol. The van der Waals surface area contributed by atoms with Gasteiger partial charge < -0.3 is 10.4 Å². The predicted octanol–water partition coefficient (Wildman–Crippen LogP) is 1.50. The Hall–Kier alpha value is -1.20. The highest BCUT2D eigenvalue weighted by atomic mass is 16.3. The molecule has 1 aromatic heterocycles. The van der Waals surface area contributed by atoms with Gasteiger partial charge in [0.1, 0.15) is 5.82 Å². The third kappa shape index (κ3) is 4.14. The molecule has 5 nitrogen and oxygen atoms in total. The van der Waals surface area contributed by atoms with Crippen LogP contribution in [0.4, 0.5) is 5.82 Å². The van der Waals surface area contributed by atoms with E-state index in [-0.39, 0.29) is 6.10 Å². The Kier molecular flexibility index (Phi) is 5.10. The predicted molar refractivity (Wildman–Crippen MR) is 75.9 cm³/mol. The highest BCUT2D eigenvalue weighted by Crippen LogP contribution is 2.18. The number of nitrogens with zero attached hydrogens (tertiary/aromatic N) is 3. The molecule has 5 heteroatoms. The fourth-order valence-electron chi connectivity index (χ4n) is 2.37. The van der Waals surface area contributed by atoms with E-state index in [1.807, 2.05) is 6.20 Å². The van der Waals surface area contributed by atoms with Crippen LogP contribution < -0.4 is 5.32 Å². The van der Waals surface area contributed by atoms with Crippen molar-refractivity contribution in [1.29, 1.82) is 0 Å². The van der Waals surface area contributed by atoms with Crippen molar-refractivity contribution in [2.24, 2.45) is 5.92 Å². The fourth-order valence-corrected chi connectivity index (χ4v) is 2.37. The van der Waals surface area contributed by atoms with Crippen LogP contribution in [0.3, 0.4) is 0 Å². The van der Waals surface area contributed by atoms with E-state index in [2.05, 4.69) is 34.0 Å². The third-order valence-corrected chi connectivity index (χ3v) is 3.59. The molecule has 1 fully saturated rings. The minimum absolute atomic E-state index is 0.150. The molecule has 2 rings (SSSR count). The van der Waals surface area contributed by atoms with Crippen molar-refractivity contribution >= 4 is 5.82 Å². The quantitative estimate of drug-likeness (QED) is 0.844. The minimum atomic E-state index is -0.150. The van der Waals surface area contributed by atoms with E-state index in [0.717, 1.165) is 50.5 Å². The second kappa shape index (κ2) is 6.82. The molecule has 2 N–H and O–H groups in total. The van der Waals surface area contributed by atoms with Crippen molar-refractivity contribution in [3.8, 4) is 0 Å². The molecular weight excluding hydrogens is 240 g/mol. The molecule has 0 spiro atoms. The Labute approximate surface area is 115 Å². The second-order valence-corrected chi connectivity index (χ2v) is 5.39. The summed E-state index contributed by atoms with van der Waals surface area (Å²) < 4.78 is 0. The summed E-state index contributed by atoms with van der Waals surface area (Å²) in [7, 11) is 0. The number of hydrogen-bond donors (Lipinski definition) is 2. The number of aromatic nitrogens is 2. The van der Waals surface area contributed by atoms with E-state index in [1.165, 1.54) is 0 Å². The molecule has 0 radical (unpaired) electrons. The van der Waals surface area contributed by atoms with Crippen LogP contribution in [-0.2, 0) is 6.54 Å². The summed E-state index contributed by atoms with van der Waals surface area (Å²) >= 11 is 0. The van der Waals surface area contributed by atoms with Gasteiger partial charge in [-0.05, 0) is 18.8 Å². The lowest BCUT2D eigenvalue weighted by atomic mass is 9.97. The lowest BCUT2D eigenvalue weighted by Crippen LogP contribution is -2.41. The summed E-state index contributed by atoms with van der Waals surface area (Å²) in [5.41, 5.74) is 0.991. The van der Waals surface area contributed by atoms with E-state index < -0.39 is 0 Å². The smallest absolute Gasteiger partial charge is 0.144 e. The van der Waals surface area contributed by atoms with Crippen LogP contribution in [-0.4, -0.2) is 45.7 Å². The number of piperidine rings is 1. The van der Waals surface area contributed by atoms with E-state index in [9.17, 15) is 5.11 Å². The molecule has 2 atom stereocenters. The Bertz CT molecular complexity index is 382. The van der Waals surface area contributed by atoms with E-state index in [1.54, 1.807) is 6.20 Å². The number of hydrogen-bond acceptors (Lipinski definition) is 5. The van der Waals surface area contributed by atoms with Crippen molar-refractivity contribution in [2.45, 2.75) is 39.3 Å². The molecule has 1 saturated heterocycles. The lowest BCUT2D eigenvalue weighted by Gasteiger charge is -2.34. The van der Waals surface area contributed by atoms with Crippen LogP contribution in [0.25, 0.3) is 0 Å². The number of aliphatic hydroxyl groups excluding tert-OH is 1. The van der Waals surface area contributed by atoms with Gasteiger partial charge in [-0.1, -0.05) is 13.8 Å². The molecule has 0 aliphatic carbocycles.